The first-order valence-corrected chi connectivity index (χ1v) is 14.4. The first kappa shape index (κ1) is 29.8. The van der Waals surface area contributed by atoms with E-state index in [2.05, 4.69) is 15.9 Å². The van der Waals surface area contributed by atoms with Crippen LogP contribution in [0.25, 0.3) is 26.5 Å². The van der Waals surface area contributed by atoms with Gasteiger partial charge in [0.05, 0.1) is 17.8 Å². The second-order valence-electron chi connectivity index (χ2n) is 8.45. The van der Waals surface area contributed by atoms with Crippen LogP contribution in [0.4, 0.5) is 11.5 Å². The summed E-state index contributed by atoms with van der Waals surface area (Å²) in [6.45, 7) is 7.79. The molecule has 0 radical (unpaired) electrons. The van der Waals surface area contributed by atoms with Crippen LogP contribution >= 0.6 is 34.7 Å². The Morgan fingerprint density at radius 1 is 1.15 bits per heavy atom. The highest BCUT2D eigenvalue weighted by atomic mass is 35.5. The molecule has 0 aliphatic rings. The molecule has 1 atom stereocenters. The maximum atomic E-state index is 11.6. The zero-order valence-corrected chi connectivity index (χ0v) is 23.9. The molecule has 0 saturated carbocycles. The van der Waals surface area contributed by atoms with E-state index in [0.29, 0.717) is 32.7 Å². The van der Waals surface area contributed by atoms with Gasteiger partial charge in [-0.15, -0.1) is 11.3 Å². The van der Waals surface area contributed by atoms with Gasteiger partial charge in [0, 0.05) is 33.8 Å². The van der Waals surface area contributed by atoms with Crippen molar-refractivity contribution in [2.24, 2.45) is 11.5 Å². The Kier molecular flexibility index (Phi) is 10.1. The number of nitrogens with zero attached hydrogens (tertiary/aromatic N) is 4. The lowest BCUT2D eigenvalue weighted by molar-refractivity contribution is -0.145. The van der Waals surface area contributed by atoms with Crippen molar-refractivity contribution >= 4 is 52.2 Å². The van der Waals surface area contributed by atoms with E-state index < -0.39 is 12.0 Å². The zero-order chi connectivity index (χ0) is 29.4. The average Bonchev–Trinajstić information content (AvgIpc) is 3.47. The van der Waals surface area contributed by atoms with Crippen LogP contribution in [-0.4, -0.2) is 41.7 Å². The molecule has 41 heavy (non-hydrogen) atoms. The van der Waals surface area contributed by atoms with Crippen molar-refractivity contribution in [3.63, 3.8) is 0 Å². The summed E-state index contributed by atoms with van der Waals surface area (Å²) in [6.07, 6.45) is 0. The van der Waals surface area contributed by atoms with Crippen LogP contribution in [0, 0.1) is 17.9 Å². The monoisotopic (exact) mass is 605 g/mol. The van der Waals surface area contributed by atoms with Gasteiger partial charge in [0.25, 0.3) is 0 Å². The summed E-state index contributed by atoms with van der Waals surface area (Å²) in [5, 5.41) is 14.0. The van der Waals surface area contributed by atoms with Gasteiger partial charge in [0.1, 0.15) is 46.9 Å². The van der Waals surface area contributed by atoms with E-state index in [0.717, 1.165) is 16.3 Å². The largest absolute Gasteiger partial charge is 0.490 e. The number of hydrogen-bond acceptors (Lipinski definition) is 11. The number of nitriles is 1. The Bertz CT molecular complexity index is 1610. The number of benzene rings is 2. The van der Waals surface area contributed by atoms with Gasteiger partial charge in [-0.2, -0.15) is 5.26 Å². The minimum Gasteiger partial charge on any atom is -0.490 e. The van der Waals surface area contributed by atoms with Crippen LogP contribution in [0.2, 0.25) is 5.02 Å². The summed E-state index contributed by atoms with van der Waals surface area (Å²) < 4.78 is 10.6. The molecule has 10 nitrogen and oxygen atoms in total. The first-order valence-electron chi connectivity index (χ1n) is 12.1. The summed E-state index contributed by atoms with van der Waals surface area (Å²) >= 11 is 8.82. The lowest BCUT2D eigenvalue weighted by Gasteiger charge is -2.14. The third-order valence-electron chi connectivity index (χ3n) is 5.68. The van der Waals surface area contributed by atoms with Gasteiger partial charge in [-0.05, 0) is 29.8 Å². The number of thioether (sulfide) groups is 1. The third kappa shape index (κ3) is 7.32. The van der Waals surface area contributed by atoms with E-state index in [1.165, 1.54) is 23.1 Å². The lowest BCUT2D eigenvalue weighted by atomic mass is 10.00. The second-order valence-corrected chi connectivity index (χ2v) is 10.7. The van der Waals surface area contributed by atoms with Crippen molar-refractivity contribution in [1.82, 2.24) is 9.97 Å². The summed E-state index contributed by atoms with van der Waals surface area (Å²) in [4.78, 5) is 24.2. The Hall–Kier alpha value is -4.17. The Morgan fingerprint density at radius 3 is 2.51 bits per heavy atom. The lowest BCUT2D eigenvalue weighted by Crippen LogP contribution is -2.39. The molecule has 0 spiro atoms. The highest BCUT2D eigenvalue weighted by molar-refractivity contribution is 7.98. The predicted octanol–water partition coefficient (Wildman–Crippen LogP) is 5.03. The molecule has 0 amide bonds. The number of halogens is 1. The van der Waals surface area contributed by atoms with Crippen molar-refractivity contribution in [3.8, 4) is 33.5 Å². The molecule has 0 unspecified atom stereocenters. The highest BCUT2D eigenvalue weighted by Gasteiger charge is 2.21. The molecule has 2 aromatic heterocycles. The minimum absolute atomic E-state index is 0.00566. The zero-order valence-electron chi connectivity index (χ0n) is 21.5. The van der Waals surface area contributed by atoms with Gasteiger partial charge < -0.3 is 26.7 Å². The van der Waals surface area contributed by atoms with E-state index >= 15 is 0 Å². The fraction of sp³-hybridized carbons (Fsp3) is 0.179. The molecule has 0 bridgehead atoms. The summed E-state index contributed by atoms with van der Waals surface area (Å²) in [5.74, 6) is 0.403. The molecule has 4 rings (SSSR count). The van der Waals surface area contributed by atoms with E-state index in [1.807, 2.05) is 29.6 Å². The van der Waals surface area contributed by atoms with Crippen molar-refractivity contribution in [3.05, 3.63) is 81.6 Å². The number of anilines is 1. The number of aromatic nitrogens is 2. The van der Waals surface area contributed by atoms with Crippen LogP contribution in [0.15, 0.2) is 58.9 Å². The maximum Gasteiger partial charge on any atom is 0.324 e. The van der Waals surface area contributed by atoms with Crippen molar-refractivity contribution < 1.29 is 14.3 Å². The number of thiazole rings is 1. The van der Waals surface area contributed by atoms with Gasteiger partial charge in [-0.25, -0.2) is 14.8 Å². The number of hydrogen-bond donors (Lipinski definition) is 3. The van der Waals surface area contributed by atoms with Gasteiger partial charge in [0.2, 0.25) is 5.69 Å². The number of ether oxygens (including phenoxy) is 2. The van der Waals surface area contributed by atoms with E-state index in [4.69, 9.17) is 49.8 Å². The molecule has 2 heterocycles. The number of carbonyl (C=O) groups is 1. The second kappa shape index (κ2) is 13.9. The number of nitrogens with two attached hydrogens (primary N) is 3. The molecule has 2 aromatic carbocycles. The molecule has 6 N–H and O–H groups in total. The van der Waals surface area contributed by atoms with Crippen molar-refractivity contribution in [2.45, 2.75) is 16.8 Å². The molecule has 13 heteroatoms. The quantitative estimate of drug-likeness (QED) is 0.0912. The van der Waals surface area contributed by atoms with E-state index in [1.54, 1.807) is 24.3 Å². The molecule has 0 saturated heterocycles. The molecule has 208 valence electrons. The first-order chi connectivity index (χ1) is 19.8. The maximum absolute atomic E-state index is 11.6. The SMILES string of the molecule is [C-]#[N+]c1c(N)nc(SCc2csc(-c3ccc(Cl)cc3)n2)c(C#N)c1-c1ccc(OCCOC(=O)[C@@H](N)CN)cc1. The van der Waals surface area contributed by atoms with Crippen molar-refractivity contribution in [1.29, 1.82) is 5.26 Å². The van der Waals surface area contributed by atoms with Crippen LogP contribution in [0.3, 0.4) is 0 Å². The molecular formula is C28H24ClN7O3S2. The molecule has 0 fully saturated rings. The van der Waals surface area contributed by atoms with Crippen LogP contribution in [-0.2, 0) is 15.3 Å². The Labute approximate surface area is 249 Å². The number of rotatable bonds is 11. The number of carbonyl (C=O) groups excluding carboxylic acids is 1. The summed E-state index contributed by atoms with van der Waals surface area (Å²) in [5.41, 5.74) is 20.2. The van der Waals surface area contributed by atoms with Crippen LogP contribution < -0.4 is 21.9 Å². The third-order valence-corrected chi connectivity index (χ3v) is 7.89. The average molecular weight is 606 g/mol. The number of esters is 1. The van der Waals surface area contributed by atoms with Gasteiger partial charge >= 0.3 is 5.97 Å². The van der Waals surface area contributed by atoms with Gasteiger partial charge in [-0.3, -0.25) is 4.79 Å². The topological polar surface area (TPSA) is 168 Å². The summed E-state index contributed by atoms with van der Waals surface area (Å²) in [6, 6.07) is 15.6. The summed E-state index contributed by atoms with van der Waals surface area (Å²) in [7, 11) is 0. The molecule has 0 aliphatic heterocycles. The van der Waals surface area contributed by atoms with Gasteiger partial charge in [-0.1, -0.05) is 47.6 Å². The number of pyridine rings is 1. The predicted molar refractivity (Wildman–Crippen MR) is 161 cm³/mol. The van der Waals surface area contributed by atoms with Crippen LogP contribution in [0.1, 0.15) is 11.3 Å². The smallest absolute Gasteiger partial charge is 0.324 e. The normalized spacial score (nSPS) is 11.3. The standard InChI is InChI=1S/C28H24ClN7O3S2/c1-34-24-23(16-4-8-20(9-5-16)38-10-11-39-28(37)22(32)13-31)21(12-30)27(36-25(24)33)41-15-19-14-40-26(35-19)17-2-6-18(29)7-3-17/h2-9,14,22H,10-11,13,15,31-32H2,(H2,33,36)/t22-/m0/s1. The Balaban J connectivity index is 1.50. The fourth-order valence-electron chi connectivity index (χ4n) is 3.64. The molecule has 4 aromatic rings. The van der Waals surface area contributed by atoms with Crippen LogP contribution in [0.5, 0.6) is 5.75 Å². The Morgan fingerprint density at radius 2 is 1.85 bits per heavy atom. The van der Waals surface area contributed by atoms with Crippen molar-refractivity contribution in [2.75, 3.05) is 25.5 Å². The minimum atomic E-state index is -0.871. The van der Waals surface area contributed by atoms with E-state index in [9.17, 15) is 10.1 Å². The molecular weight excluding hydrogens is 582 g/mol. The van der Waals surface area contributed by atoms with Gasteiger partial charge in [0.15, 0.2) is 0 Å². The molecule has 0 aliphatic carbocycles. The number of nitrogen functional groups attached to an aromatic ring is 1. The van der Waals surface area contributed by atoms with E-state index in [-0.39, 0.29) is 36.8 Å². The highest BCUT2D eigenvalue weighted by Crippen LogP contribution is 2.42. The fourth-order valence-corrected chi connectivity index (χ4v) is 5.58.